The lowest BCUT2D eigenvalue weighted by molar-refractivity contribution is -0.0695. The van der Waals surface area contributed by atoms with Crippen molar-refractivity contribution in [2.75, 3.05) is 32.6 Å². The van der Waals surface area contributed by atoms with Crippen molar-refractivity contribution in [2.24, 2.45) is 16.2 Å². The third-order valence-electron chi connectivity index (χ3n) is 6.64. The third-order valence-corrected chi connectivity index (χ3v) is 7.93. The monoisotopic (exact) mass is 566 g/mol. The van der Waals surface area contributed by atoms with E-state index in [2.05, 4.69) is 4.40 Å². The molecule has 0 radical (unpaired) electrons. The molecule has 2 fully saturated rings. The van der Waals surface area contributed by atoms with Gasteiger partial charge in [-0.3, -0.25) is 0 Å². The number of hydrogen-bond acceptors (Lipinski definition) is 4. The molecule has 0 amide bonds. The SMILES string of the molecule is CS(=O)(=O)N=C(c1cc(-c2ccc(Cl)cc2)n(-c2ccc(Cl)cc2Cl)n1)N1CCC(C2COC2)CC1. The van der Waals surface area contributed by atoms with Gasteiger partial charge in [0.1, 0.15) is 5.69 Å². The van der Waals surface area contributed by atoms with Gasteiger partial charge in [-0.15, -0.1) is 4.40 Å². The predicted octanol–water partition coefficient (Wildman–Crippen LogP) is 5.56. The van der Waals surface area contributed by atoms with Crippen molar-refractivity contribution in [2.45, 2.75) is 12.8 Å². The van der Waals surface area contributed by atoms with E-state index in [1.54, 1.807) is 35.0 Å². The Morgan fingerprint density at radius 2 is 1.64 bits per heavy atom. The molecule has 11 heteroatoms. The lowest BCUT2D eigenvalue weighted by atomic mass is 9.83. The molecule has 36 heavy (non-hydrogen) atoms. The third kappa shape index (κ3) is 5.58. The van der Waals surface area contributed by atoms with Crippen LogP contribution in [0.15, 0.2) is 52.9 Å². The van der Waals surface area contributed by atoms with Crippen molar-refractivity contribution in [3.63, 3.8) is 0 Å². The number of halogens is 3. The van der Waals surface area contributed by atoms with E-state index in [1.165, 1.54) is 0 Å². The lowest BCUT2D eigenvalue weighted by Gasteiger charge is -2.40. The number of hydrogen-bond donors (Lipinski definition) is 0. The van der Waals surface area contributed by atoms with Gasteiger partial charge in [0.15, 0.2) is 5.84 Å². The van der Waals surface area contributed by atoms with Crippen LogP contribution in [0.1, 0.15) is 18.5 Å². The first-order valence-corrected chi connectivity index (χ1v) is 14.6. The van der Waals surface area contributed by atoms with Crippen molar-refractivity contribution in [3.8, 4) is 16.9 Å². The van der Waals surface area contributed by atoms with E-state index in [-0.39, 0.29) is 0 Å². The van der Waals surface area contributed by atoms with E-state index in [1.807, 2.05) is 23.1 Å². The van der Waals surface area contributed by atoms with Crippen LogP contribution in [0.5, 0.6) is 0 Å². The van der Waals surface area contributed by atoms with Gasteiger partial charge in [-0.1, -0.05) is 46.9 Å². The number of benzene rings is 2. The van der Waals surface area contributed by atoms with Gasteiger partial charge < -0.3 is 9.64 Å². The zero-order chi connectivity index (χ0) is 25.4. The first-order valence-electron chi connectivity index (χ1n) is 11.6. The van der Waals surface area contributed by atoms with Crippen molar-refractivity contribution in [1.29, 1.82) is 0 Å². The average Bonchev–Trinajstić information content (AvgIpc) is 3.22. The predicted molar refractivity (Wildman–Crippen MR) is 144 cm³/mol. The molecule has 0 N–H and O–H groups in total. The van der Waals surface area contributed by atoms with Crippen LogP contribution in [-0.4, -0.2) is 61.5 Å². The molecule has 3 heterocycles. The van der Waals surface area contributed by atoms with Crippen molar-refractivity contribution in [3.05, 3.63) is 69.3 Å². The Morgan fingerprint density at radius 3 is 2.22 bits per heavy atom. The van der Waals surface area contributed by atoms with Crippen LogP contribution < -0.4 is 0 Å². The van der Waals surface area contributed by atoms with E-state index in [0.717, 1.165) is 37.9 Å². The Hall–Kier alpha value is -2.10. The fourth-order valence-electron chi connectivity index (χ4n) is 4.69. The fraction of sp³-hybridized carbons (Fsp3) is 0.360. The quantitative estimate of drug-likeness (QED) is 0.298. The summed E-state index contributed by atoms with van der Waals surface area (Å²) in [6.07, 6.45) is 2.99. The van der Waals surface area contributed by atoms with Gasteiger partial charge in [-0.25, -0.2) is 13.1 Å². The normalized spacial score (nSPS) is 17.9. The van der Waals surface area contributed by atoms with Crippen LogP contribution in [0.2, 0.25) is 15.1 Å². The van der Waals surface area contributed by atoms with Gasteiger partial charge >= 0.3 is 0 Å². The number of piperidine rings is 1. The van der Waals surface area contributed by atoms with Gasteiger partial charge in [0.05, 0.1) is 35.9 Å². The molecule has 0 aliphatic carbocycles. The van der Waals surface area contributed by atoms with Crippen LogP contribution in [0, 0.1) is 11.8 Å². The van der Waals surface area contributed by atoms with Crippen LogP contribution in [-0.2, 0) is 14.8 Å². The molecular weight excluding hydrogens is 543 g/mol. The molecule has 5 rings (SSSR count). The minimum absolute atomic E-state index is 0.333. The number of sulfonamides is 1. The molecule has 0 saturated carbocycles. The summed E-state index contributed by atoms with van der Waals surface area (Å²) < 4.78 is 35.9. The molecule has 7 nitrogen and oxygen atoms in total. The molecule has 0 atom stereocenters. The maximum absolute atomic E-state index is 12.3. The highest BCUT2D eigenvalue weighted by Crippen LogP contribution is 2.33. The second-order valence-electron chi connectivity index (χ2n) is 9.20. The van der Waals surface area contributed by atoms with Gasteiger partial charge in [0.2, 0.25) is 0 Å². The average molecular weight is 568 g/mol. The second kappa shape index (κ2) is 10.3. The molecule has 0 unspecified atom stereocenters. The first-order chi connectivity index (χ1) is 17.2. The molecule has 3 aromatic rings. The Balaban J connectivity index is 1.58. The number of ether oxygens (including phenoxy) is 1. The van der Waals surface area contributed by atoms with Gasteiger partial charge in [-0.2, -0.15) is 5.10 Å². The van der Waals surface area contributed by atoms with E-state index < -0.39 is 10.0 Å². The van der Waals surface area contributed by atoms with E-state index in [9.17, 15) is 8.42 Å². The zero-order valence-corrected chi connectivity index (χ0v) is 22.7. The molecule has 0 bridgehead atoms. The molecule has 1 aromatic heterocycles. The summed E-state index contributed by atoms with van der Waals surface area (Å²) in [5, 5.41) is 6.33. The summed E-state index contributed by atoms with van der Waals surface area (Å²) in [6.45, 7) is 3.01. The maximum atomic E-state index is 12.3. The zero-order valence-electron chi connectivity index (χ0n) is 19.6. The highest BCUT2D eigenvalue weighted by atomic mass is 35.5. The summed E-state index contributed by atoms with van der Waals surface area (Å²) in [4.78, 5) is 2.01. The highest BCUT2D eigenvalue weighted by molar-refractivity contribution is 7.89. The summed E-state index contributed by atoms with van der Waals surface area (Å²) in [5.41, 5.74) is 2.61. The number of likely N-dealkylation sites (tertiary alicyclic amines) is 1. The number of nitrogens with zero attached hydrogens (tertiary/aromatic N) is 4. The number of rotatable bonds is 5. The summed E-state index contributed by atoms with van der Waals surface area (Å²) >= 11 is 18.8. The van der Waals surface area contributed by atoms with Gasteiger partial charge in [0, 0.05) is 34.6 Å². The smallest absolute Gasteiger partial charge is 0.252 e. The van der Waals surface area contributed by atoms with E-state index in [4.69, 9.17) is 44.6 Å². The van der Waals surface area contributed by atoms with Gasteiger partial charge in [-0.05, 0) is 55.2 Å². The fourth-order valence-corrected chi connectivity index (χ4v) is 5.82. The van der Waals surface area contributed by atoms with Crippen LogP contribution in [0.3, 0.4) is 0 Å². The number of aromatic nitrogens is 2. The Bertz CT molecular complexity index is 1390. The Morgan fingerprint density at radius 1 is 0.972 bits per heavy atom. The summed E-state index contributed by atoms with van der Waals surface area (Å²) in [7, 11) is -3.68. The van der Waals surface area contributed by atoms with Crippen LogP contribution >= 0.6 is 34.8 Å². The summed E-state index contributed by atoms with van der Waals surface area (Å²) in [6, 6.07) is 14.3. The van der Waals surface area contributed by atoms with Crippen LogP contribution in [0.25, 0.3) is 16.9 Å². The Kier molecular flexibility index (Phi) is 7.34. The topological polar surface area (TPSA) is 76.8 Å². The highest BCUT2D eigenvalue weighted by Gasteiger charge is 2.33. The van der Waals surface area contributed by atoms with Gasteiger partial charge in [0.25, 0.3) is 10.0 Å². The second-order valence-corrected chi connectivity index (χ2v) is 12.1. The van der Waals surface area contributed by atoms with Crippen LogP contribution in [0.4, 0.5) is 0 Å². The standard InChI is InChI=1S/C25H25Cl3N4O3S/c1-36(33,34)30-25(31-10-8-16(9-11-31)18-14-35-15-18)22-13-24(17-2-4-19(26)5-3-17)32(29-22)23-7-6-20(27)12-21(23)28/h2-7,12-13,16,18H,8-11,14-15H2,1H3. The van der Waals surface area contributed by atoms with E-state index in [0.29, 0.717) is 62.9 Å². The molecular formula is C25H25Cl3N4O3S. The Labute approximate surface area is 225 Å². The van der Waals surface area contributed by atoms with Crippen molar-refractivity contribution >= 4 is 50.7 Å². The van der Waals surface area contributed by atoms with Crippen molar-refractivity contribution < 1.29 is 13.2 Å². The minimum atomic E-state index is -3.68. The molecule has 0 spiro atoms. The minimum Gasteiger partial charge on any atom is -0.381 e. The maximum Gasteiger partial charge on any atom is 0.252 e. The van der Waals surface area contributed by atoms with E-state index >= 15 is 0 Å². The molecule has 190 valence electrons. The lowest BCUT2D eigenvalue weighted by Crippen LogP contribution is -2.44. The van der Waals surface area contributed by atoms with Crippen molar-refractivity contribution in [1.82, 2.24) is 14.7 Å². The largest absolute Gasteiger partial charge is 0.381 e. The molecule has 2 aromatic carbocycles. The summed E-state index contributed by atoms with van der Waals surface area (Å²) in [5.74, 6) is 1.50. The molecule has 2 aliphatic heterocycles. The molecule has 2 aliphatic rings. The first kappa shape index (κ1) is 25.5. The number of amidine groups is 1. The molecule has 2 saturated heterocycles.